The Hall–Kier alpha value is -1.30. The van der Waals surface area contributed by atoms with Crippen LogP contribution in [0.3, 0.4) is 0 Å². The third kappa shape index (κ3) is 7.68. The van der Waals surface area contributed by atoms with Crippen LogP contribution in [0.4, 0.5) is 10.2 Å². The van der Waals surface area contributed by atoms with E-state index in [-0.39, 0.29) is 48.3 Å². The van der Waals surface area contributed by atoms with Crippen LogP contribution >= 0.6 is 35.7 Å². The number of anilines is 1. The van der Waals surface area contributed by atoms with Crippen molar-refractivity contribution in [3.8, 4) is 0 Å². The highest BCUT2D eigenvalue weighted by Crippen LogP contribution is 2.20. The van der Waals surface area contributed by atoms with Crippen molar-refractivity contribution < 1.29 is 9.18 Å². The third-order valence-corrected chi connectivity index (χ3v) is 4.65. The van der Waals surface area contributed by atoms with E-state index >= 15 is 0 Å². The molecular weight excluding hydrogens is 482 g/mol. The Morgan fingerprint density at radius 2 is 2.30 bits per heavy atom. The first kappa shape index (κ1) is 23.7. The number of carbonyl (C=O) groups excluding carboxylic acids is 1. The first-order chi connectivity index (χ1) is 12.5. The van der Waals surface area contributed by atoms with Crippen molar-refractivity contribution >= 4 is 53.4 Å². The molecule has 0 radical (unpaired) electrons. The number of carbonyl (C=O) groups is 1. The number of thioether (sulfide) groups is 1. The highest BCUT2D eigenvalue weighted by molar-refractivity contribution is 14.0. The van der Waals surface area contributed by atoms with Gasteiger partial charge in [0.05, 0.1) is 0 Å². The monoisotopic (exact) mass is 510 g/mol. The predicted octanol–water partition coefficient (Wildman–Crippen LogP) is 1.40. The lowest BCUT2D eigenvalue weighted by atomic mass is 10.3. The van der Waals surface area contributed by atoms with Gasteiger partial charge in [0.1, 0.15) is 6.54 Å². The number of pyridine rings is 1. The summed E-state index contributed by atoms with van der Waals surface area (Å²) in [7, 11) is 3.42. The zero-order chi connectivity index (χ0) is 18.9. The van der Waals surface area contributed by atoms with Crippen molar-refractivity contribution in [3.63, 3.8) is 0 Å². The van der Waals surface area contributed by atoms with E-state index in [9.17, 15) is 9.18 Å². The van der Waals surface area contributed by atoms with Gasteiger partial charge in [0.15, 0.2) is 17.6 Å². The lowest BCUT2D eigenvalue weighted by Gasteiger charge is -2.20. The normalized spacial score (nSPS) is 16.7. The summed E-state index contributed by atoms with van der Waals surface area (Å²) in [6.07, 6.45) is 4.49. The molecule has 1 amide bonds. The van der Waals surface area contributed by atoms with E-state index in [1.54, 1.807) is 38.1 Å². The van der Waals surface area contributed by atoms with Gasteiger partial charge in [-0.1, -0.05) is 0 Å². The van der Waals surface area contributed by atoms with Gasteiger partial charge in [0, 0.05) is 51.7 Å². The largest absolute Gasteiger partial charge is 0.356 e. The molecule has 7 nitrogen and oxygen atoms in total. The van der Waals surface area contributed by atoms with E-state index in [1.807, 2.05) is 11.2 Å². The molecule has 152 valence electrons. The Balaban J connectivity index is 0.00000364. The van der Waals surface area contributed by atoms with Gasteiger partial charge in [-0.05, 0) is 24.8 Å². The summed E-state index contributed by atoms with van der Waals surface area (Å²) in [6.45, 7) is 2.21. The van der Waals surface area contributed by atoms with E-state index < -0.39 is 0 Å². The molecule has 1 saturated heterocycles. The maximum absolute atomic E-state index is 13.9. The van der Waals surface area contributed by atoms with Crippen LogP contribution in [0.1, 0.15) is 6.42 Å². The molecule has 1 aliphatic rings. The molecule has 1 aromatic heterocycles. The Morgan fingerprint density at radius 3 is 2.96 bits per heavy atom. The van der Waals surface area contributed by atoms with E-state index in [2.05, 4.69) is 20.6 Å². The summed E-state index contributed by atoms with van der Waals surface area (Å²) < 4.78 is 13.9. The molecule has 1 aliphatic heterocycles. The minimum absolute atomic E-state index is 0. The van der Waals surface area contributed by atoms with Crippen LogP contribution < -0.4 is 15.5 Å². The van der Waals surface area contributed by atoms with Crippen molar-refractivity contribution in [1.82, 2.24) is 20.5 Å². The Labute approximate surface area is 181 Å². The van der Waals surface area contributed by atoms with Crippen molar-refractivity contribution in [2.24, 2.45) is 4.99 Å². The van der Waals surface area contributed by atoms with Gasteiger partial charge in [0.2, 0.25) is 5.91 Å². The molecule has 1 fully saturated rings. The minimum atomic E-state index is -0.309. The predicted molar refractivity (Wildman–Crippen MR) is 121 cm³/mol. The van der Waals surface area contributed by atoms with Gasteiger partial charge in [0.25, 0.3) is 0 Å². The molecule has 0 aromatic carbocycles. The van der Waals surface area contributed by atoms with E-state index in [1.165, 1.54) is 11.0 Å². The number of halogens is 2. The van der Waals surface area contributed by atoms with Crippen LogP contribution in [0.5, 0.6) is 0 Å². The van der Waals surface area contributed by atoms with E-state index in [0.29, 0.717) is 18.3 Å². The quantitative estimate of drug-likeness (QED) is 0.250. The number of guanidine groups is 1. The summed E-state index contributed by atoms with van der Waals surface area (Å²) >= 11 is 1.74. The molecule has 1 unspecified atom stereocenters. The molecular formula is C17H28FIN6OS. The average molecular weight is 510 g/mol. The lowest BCUT2D eigenvalue weighted by Crippen LogP contribution is -2.46. The maximum atomic E-state index is 13.9. The number of likely N-dealkylation sites (N-methyl/N-ethyl adjacent to an activating group) is 1. The van der Waals surface area contributed by atoms with Gasteiger partial charge in [-0.25, -0.2) is 14.4 Å². The number of aromatic nitrogens is 1. The highest BCUT2D eigenvalue weighted by Gasteiger charge is 2.26. The number of hydrogen-bond acceptors (Lipinski definition) is 5. The summed E-state index contributed by atoms with van der Waals surface area (Å²) in [4.78, 5) is 23.8. The van der Waals surface area contributed by atoms with Crippen LogP contribution in [0, 0.1) is 5.82 Å². The molecule has 1 aromatic rings. The van der Waals surface area contributed by atoms with Crippen molar-refractivity contribution in [2.45, 2.75) is 12.5 Å². The highest BCUT2D eigenvalue weighted by atomic mass is 127. The second-order valence-corrected chi connectivity index (χ2v) is 7.24. The molecule has 0 saturated carbocycles. The fourth-order valence-electron chi connectivity index (χ4n) is 2.59. The lowest BCUT2D eigenvalue weighted by molar-refractivity contribution is -0.127. The molecule has 27 heavy (non-hydrogen) atoms. The summed E-state index contributed by atoms with van der Waals surface area (Å²) in [5.74, 6) is 1.57. The molecule has 2 N–H and O–H groups in total. The zero-order valence-corrected chi connectivity index (χ0v) is 19.1. The van der Waals surface area contributed by atoms with E-state index in [0.717, 1.165) is 25.3 Å². The topological polar surface area (TPSA) is 72.9 Å². The summed E-state index contributed by atoms with van der Waals surface area (Å²) in [5.41, 5.74) is 0. The first-order valence-corrected chi connectivity index (χ1v) is 10.00. The number of nitrogens with one attached hydrogen (secondary N) is 2. The average Bonchev–Trinajstić information content (AvgIpc) is 3.08. The van der Waals surface area contributed by atoms with Crippen molar-refractivity contribution in [3.05, 3.63) is 24.1 Å². The van der Waals surface area contributed by atoms with Gasteiger partial charge in [-0.2, -0.15) is 11.8 Å². The maximum Gasteiger partial charge on any atom is 0.243 e. The van der Waals surface area contributed by atoms with Crippen LogP contribution in [0.15, 0.2) is 23.3 Å². The Morgan fingerprint density at radius 1 is 1.52 bits per heavy atom. The molecule has 2 heterocycles. The fourth-order valence-corrected chi connectivity index (χ4v) is 2.89. The standard InChI is InChI=1S/C17H27FN6OS.HI/c1-23(2)15(25)11-21-17(20-8-10-26-3)22-13-6-9-24(12-13)16-14(18)5-4-7-19-16;/h4-5,7,13H,6,8-12H2,1-3H3,(H2,20,21,22);1H. The minimum Gasteiger partial charge on any atom is -0.356 e. The summed E-state index contributed by atoms with van der Waals surface area (Å²) in [5, 5.41) is 6.60. The van der Waals surface area contributed by atoms with Crippen molar-refractivity contribution in [2.75, 3.05) is 57.2 Å². The number of hydrogen-bond donors (Lipinski definition) is 2. The zero-order valence-electron chi connectivity index (χ0n) is 15.9. The fraction of sp³-hybridized carbons (Fsp3) is 0.588. The number of amides is 1. The molecule has 10 heteroatoms. The number of rotatable bonds is 7. The van der Waals surface area contributed by atoms with Gasteiger partial charge in [-0.15, -0.1) is 24.0 Å². The molecule has 1 atom stereocenters. The van der Waals surface area contributed by atoms with Gasteiger partial charge >= 0.3 is 0 Å². The van der Waals surface area contributed by atoms with Crippen molar-refractivity contribution in [1.29, 1.82) is 0 Å². The van der Waals surface area contributed by atoms with Crippen LogP contribution in [0.25, 0.3) is 0 Å². The third-order valence-electron chi connectivity index (χ3n) is 4.04. The Kier molecular flexibility index (Phi) is 10.7. The second-order valence-electron chi connectivity index (χ2n) is 6.26. The van der Waals surface area contributed by atoms with Gasteiger partial charge in [-0.3, -0.25) is 4.79 Å². The summed E-state index contributed by atoms with van der Waals surface area (Å²) in [6, 6.07) is 3.13. The SMILES string of the molecule is CSCCNC(=NCC(=O)N(C)C)NC1CCN(c2ncccc2F)C1.I. The van der Waals surface area contributed by atoms with Crippen LogP contribution in [0.2, 0.25) is 0 Å². The van der Waals surface area contributed by atoms with E-state index in [4.69, 9.17) is 0 Å². The molecule has 2 rings (SSSR count). The van der Waals surface area contributed by atoms with Crippen LogP contribution in [-0.2, 0) is 4.79 Å². The number of aliphatic imine (C=N–C) groups is 1. The Bertz CT molecular complexity index is 633. The number of nitrogens with zero attached hydrogens (tertiary/aromatic N) is 4. The molecule has 0 bridgehead atoms. The van der Waals surface area contributed by atoms with Gasteiger partial charge < -0.3 is 20.4 Å². The second kappa shape index (κ2) is 12.2. The molecule has 0 spiro atoms. The smallest absolute Gasteiger partial charge is 0.243 e. The first-order valence-electron chi connectivity index (χ1n) is 8.60. The molecule has 0 aliphatic carbocycles. The van der Waals surface area contributed by atoms with Crippen LogP contribution in [-0.4, -0.2) is 80.1 Å².